The van der Waals surface area contributed by atoms with Crippen LogP contribution in [-0.4, -0.2) is 33.9 Å². The molecule has 30 heavy (non-hydrogen) atoms. The van der Waals surface area contributed by atoms with Gasteiger partial charge in [0.15, 0.2) is 0 Å². The van der Waals surface area contributed by atoms with E-state index in [2.05, 4.69) is 34.4 Å². The van der Waals surface area contributed by atoms with E-state index >= 15 is 0 Å². The van der Waals surface area contributed by atoms with Gasteiger partial charge < -0.3 is 14.6 Å². The lowest BCUT2D eigenvalue weighted by atomic mass is 9.89. The number of nitrogens with one attached hydrogen (secondary N) is 1. The van der Waals surface area contributed by atoms with Crippen LogP contribution in [0.5, 0.6) is 11.6 Å². The molecule has 1 N–H and O–H groups in total. The number of piperidine rings is 1. The molecule has 1 aliphatic heterocycles. The highest BCUT2D eigenvalue weighted by molar-refractivity contribution is 5.96. The minimum atomic E-state index is -0.0218. The zero-order valence-electron chi connectivity index (χ0n) is 16.6. The Bertz CT molecular complexity index is 1160. The number of ether oxygens (including phenoxy) is 1. The molecule has 1 saturated heterocycles. The van der Waals surface area contributed by atoms with Gasteiger partial charge in [-0.1, -0.05) is 36.4 Å². The Balaban J connectivity index is 1.31. The molecule has 0 radical (unpaired) electrons. The Morgan fingerprint density at radius 1 is 0.967 bits per heavy atom. The van der Waals surface area contributed by atoms with Crippen molar-refractivity contribution >= 4 is 16.8 Å². The minimum absolute atomic E-state index is 0.0218. The van der Waals surface area contributed by atoms with Gasteiger partial charge in [0.05, 0.1) is 0 Å². The van der Waals surface area contributed by atoms with Crippen molar-refractivity contribution < 1.29 is 9.53 Å². The number of hydrogen-bond donors (Lipinski definition) is 1. The van der Waals surface area contributed by atoms with Crippen LogP contribution in [0.1, 0.15) is 34.7 Å². The molecular weight excluding hydrogens is 374 g/mol. The summed E-state index contributed by atoms with van der Waals surface area (Å²) in [5, 5.41) is 1.29. The number of benzene rings is 2. The molecule has 2 aromatic carbocycles. The van der Waals surface area contributed by atoms with E-state index in [1.54, 1.807) is 18.3 Å². The summed E-state index contributed by atoms with van der Waals surface area (Å²) in [7, 11) is 0. The molecule has 4 aromatic rings. The van der Waals surface area contributed by atoms with Crippen LogP contribution in [-0.2, 0) is 0 Å². The van der Waals surface area contributed by atoms with Crippen molar-refractivity contribution in [3.63, 3.8) is 0 Å². The number of nitrogens with zero attached hydrogens (tertiary/aromatic N) is 2. The third-order valence-corrected chi connectivity index (χ3v) is 5.80. The SMILES string of the molecule is O=C(c1cccnc1Oc1ccccc1)N1CCC(c2c[nH]c3ccccc23)CC1. The van der Waals surface area contributed by atoms with E-state index in [4.69, 9.17) is 4.74 Å². The Morgan fingerprint density at radius 2 is 1.73 bits per heavy atom. The van der Waals surface area contributed by atoms with Crippen molar-refractivity contribution in [2.24, 2.45) is 0 Å². The third-order valence-electron chi connectivity index (χ3n) is 5.80. The van der Waals surface area contributed by atoms with Crippen LogP contribution >= 0.6 is 0 Å². The molecule has 1 amide bonds. The second kappa shape index (κ2) is 8.03. The normalized spacial score (nSPS) is 14.7. The monoisotopic (exact) mass is 397 g/mol. The van der Waals surface area contributed by atoms with Crippen LogP contribution in [0.15, 0.2) is 79.1 Å². The molecular formula is C25H23N3O2. The summed E-state index contributed by atoms with van der Waals surface area (Å²) in [5.41, 5.74) is 3.03. The summed E-state index contributed by atoms with van der Waals surface area (Å²) in [6, 6.07) is 21.4. The molecule has 150 valence electrons. The average molecular weight is 397 g/mol. The number of para-hydroxylation sites is 2. The summed E-state index contributed by atoms with van der Waals surface area (Å²) in [5.74, 6) is 1.46. The number of aromatic amines is 1. The van der Waals surface area contributed by atoms with Crippen LogP contribution in [0, 0.1) is 0 Å². The molecule has 3 heterocycles. The Morgan fingerprint density at radius 3 is 2.57 bits per heavy atom. The van der Waals surface area contributed by atoms with Crippen molar-refractivity contribution in [2.45, 2.75) is 18.8 Å². The number of carbonyl (C=O) groups excluding carboxylic acids is 1. The van der Waals surface area contributed by atoms with Crippen molar-refractivity contribution in [3.8, 4) is 11.6 Å². The van der Waals surface area contributed by atoms with E-state index < -0.39 is 0 Å². The highest BCUT2D eigenvalue weighted by Gasteiger charge is 2.27. The number of H-pyrrole nitrogens is 1. The van der Waals surface area contributed by atoms with Crippen molar-refractivity contribution in [1.29, 1.82) is 0 Å². The van der Waals surface area contributed by atoms with Crippen LogP contribution in [0.4, 0.5) is 0 Å². The number of carbonyl (C=O) groups is 1. The molecule has 0 unspecified atom stereocenters. The van der Waals surface area contributed by atoms with E-state index in [1.165, 1.54) is 16.5 Å². The van der Waals surface area contributed by atoms with Crippen LogP contribution < -0.4 is 4.74 Å². The Labute approximate surface area is 175 Å². The van der Waals surface area contributed by atoms with Gasteiger partial charge in [0, 0.05) is 36.4 Å². The Hall–Kier alpha value is -3.60. The number of pyridine rings is 1. The predicted octanol–water partition coefficient (Wildman–Crippen LogP) is 5.38. The second-order valence-electron chi connectivity index (χ2n) is 7.63. The molecule has 0 saturated carbocycles. The first-order valence-corrected chi connectivity index (χ1v) is 10.3. The van der Waals surface area contributed by atoms with Crippen LogP contribution in [0.2, 0.25) is 0 Å². The quantitative estimate of drug-likeness (QED) is 0.503. The van der Waals surface area contributed by atoms with E-state index in [-0.39, 0.29) is 5.91 Å². The van der Waals surface area contributed by atoms with Gasteiger partial charge in [0.2, 0.25) is 5.88 Å². The van der Waals surface area contributed by atoms with Crippen LogP contribution in [0.25, 0.3) is 10.9 Å². The van der Waals surface area contributed by atoms with Gasteiger partial charge in [-0.25, -0.2) is 4.98 Å². The molecule has 5 heteroatoms. The topological polar surface area (TPSA) is 58.2 Å². The highest BCUT2D eigenvalue weighted by atomic mass is 16.5. The van der Waals surface area contributed by atoms with E-state index in [0.29, 0.717) is 23.1 Å². The van der Waals surface area contributed by atoms with Gasteiger partial charge in [0.25, 0.3) is 5.91 Å². The van der Waals surface area contributed by atoms with E-state index in [1.807, 2.05) is 41.3 Å². The van der Waals surface area contributed by atoms with Crippen LogP contribution in [0.3, 0.4) is 0 Å². The molecule has 1 fully saturated rings. The smallest absolute Gasteiger partial charge is 0.259 e. The first kappa shape index (κ1) is 18.4. The maximum atomic E-state index is 13.2. The zero-order valence-corrected chi connectivity index (χ0v) is 16.6. The van der Waals surface area contributed by atoms with Gasteiger partial charge in [0.1, 0.15) is 11.3 Å². The fourth-order valence-corrected chi connectivity index (χ4v) is 4.23. The molecule has 5 rings (SSSR count). The van der Waals surface area contributed by atoms with Gasteiger partial charge in [-0.3, -0.25) is 4.79 Å². The molecule has 1 aliphatic rings. The number of fused-ring (bicyclic) bond motifs is 1. The predicted molar refractivity (Wildman–Crippen MR) is 117 cm³/mol. The summed E-state index contributed by atoms with van der Waals surface area (Å²) in [6.45, 7) is 1.45. The van der Waals surface area contributed by atoms with Gasteiger partial charge in [-0.2, -0.15) is 0 Å². The standard InChI is InChI=1S/C25H23N3O2/c29-25(21-10-6-14-26-24(21)30-19-7-2-1-3-8-19)28-15-12-18(13-16-28)22-17-27-23-11-5-4-9-20(22)23/h1-11,14,17-18,27H,12-13,15-16H2. The van der Waals surface area contributed by atoms with Crippen molar-refractivity contribution in [2.75, 3.05) is 13.1 Å². The number of likely N-dealkylation sites (tertiary alicyclic amines) is 1. The van der Waals surface area contributed by atoms with E-state index in [9.17, 15) is 4.79 Å². The summed E-state index contributed by atoms with van der Waals surface area (Å²) < 4.78 is 5.89. The fourth-order valence-electron chi connectivity index (χ4n) is 4.23. The maximum Gasteiger partial charge on any atom is 0.259 e. The lowest BCUT2D eigenvalue weighted by molar-refractivity contribution is 0.0710. The number of amides is 1. The van der Waals surface area contributed by atoms with Crippen molar-refractivity contribution in [3.05, 3.63) is 90.3 Å². The summed E-state index contributed by atoms with van der Waals surface area (Å²) in [4.78, 5) is 22.8. The largest absolute Gasteiger partial charge is 0.438 e. The maximum absolute atomic E-state index is 13.2. The Kier molecular flexibility index (Phi) is 4.93. The lowest BCUT2D eigenvalue weighted by Crippen LogP contribution is -2.38. The molecule has 0 atom stereocenters. The number of rotatable bonds is 4. The summed E-state index contributed by atoms with van der Waals surface area (Å²) >= 11 is 0. The molecule has 2 aromatic heterocycles. The van der Waals surface area contributed by atoms with Gasteiger partial charge in [-0.05, 0) is 54.7 Å². The third kappa shape index (κ3) is 3.54. The van der Waals surface area contributed by atoms with Gasteiger partial charge >= 0.3 is 0 Å². The van der Waals surface area contributed by atoms with Crippen molar-refractivity contribution in [1.82, 2.24) is 14.9 Å². The molecule has 0 bridgehead atoms. The average Bonchev–Trinajstić information content (AvgIpc) is 3.24. The van der Waals surface area contributed by atoms with E-state index in [0.717, 1.165) is 25.9 Å². The second-order valence-corrected chi connectivity index (χ2v) is 7.63. The first-order valence-electron chi connectivity index (χ1n) is 10.3. The molecule has 0 aliphatic carbocycles. The molecule has 5 nitrogen and oxygen atoms in total. The first-order chi connectivity index (χ1) is 14.8. The zero-order chi connectivity index (χ0) is 20.3. The molecule has 0 spiro atoms. The number of aromatic nitrogens is 2. The highest BCUT2D eigenvalue weighted by Crippen LogP contribution is 2.34. The van der Waals surface area contributed by atoms with Gasteiger partial charge in [-0.15, -0.1) is 0 Å². The number of hydrogen-bond acceptors (Lipinski definition) is 3. The summed E-state index contributed by atoms with van der Waals surface area (Å²) in [6.07, 6.45) is 5.67. The minimum Gasteiger partial charge on any atom is -0.438 e. The lowest BCUT2D eigenvalue weighted by Gasteiger charge is -2.32. The fraction of sp³-hybridized carbons (Fsp3) is 0.200.